The van der Waals surface area contributed by atoms with Crippen LogP contribution >= 0.6 is 0 Å². The van der Waals surface area contributed by atoms with Crippen molar-refractivity contribution in [3.63, 3.8) is 0 Å². The Morgan fingerprint density at radius 1 is 1.45 bits per heavy atom. The molecule has 1 saturated carbocycles. The fourth-order valence-electron chi connectivity index (χ4n) is 3.03. The van der Waals surface area contributed by atoms with Gasteiger partial charge < -0.3 is 9.64 Å². The fourth-order valence-corrected chi connectivity index (χ4v) is 3.03. The number of hydrogen-bond acceptors (Lipinski definition) is 4. The van der Waals surface area contributed by atoms with E-state index >= 15 is 0 Å². The van der Waals surface area contributed by atoms with Crippen LogP contribution in [0.5, 0.6) is 0 Å². The highest BCUT2D eigenvalue weighted by Gasteiger charge is 2.41. The van der Waals surface area contributed by atoms with Crippen molar-refractivity contribution in [1.82, 2.24) is 5.32 Å². The van der Waals surface area contributed by atoms with Gasteiger partial charge in [0.1, 0.15) is 5.54 Å². The lowest BCUT2D eigenvalue weighted by atomic mass is 10.0. The highest BCUT2D eigenvalue weighted by Crippen LogP contribution is 2.30. The molecule has 1 aromatic carbocycles. The topological polar surface area (TPSA) is 41.6 Å². The SMILES string of the molecule is COC(=O)C(C)(CN1CCc2ccccc21)NC1CC1. The molecule has 3 rings (SSSR count). The summed E-state index contributed by atoms with van der Waals surface area (Å²) in [5, 5.41) is 3.46. The van der Waals surface area contributed by atoms with Crippen molar-refractivity contribution in [2.24, 2.45) is 0 Å². The quantitative estimate of drug-likeness (QED) is 0.830. The lowest BCUT2D eigenvalue weighted by Gasteiger charge is -2.33. The largest absolute Gasteiger partial charge is 0.468 e. The summed E-state index contributed by atoms with van der Waals surface area (Å²) in [5.74, 6) is -0.172. The van der Waals surface area contributed by atoms with Crippen molar-refractivity contribution >= 4 is 11.7 Å². The zero-order chi connectivity index (χ0) is 14.2. The van der Waals surface area contributed by atoms with Crippen LogP contribution < -0.4 is 10.2 Å². The standard InChI is InChI=1S/C16H22N2O2/c1-16(15(19)20-2,17-13-7-8-13)11-18-10-9-12-5-3-4-6-14(12)18/h3-6,13,17H,7-11H2,1-2H3. The van der Waals surface area contributed by atoms with Crippen LogP contribution in [0.25, 0.3) is 0 Å². The first-order chi connectivity index (χ1) is 9.62. The summed E-state index contributed by atoms with van der Waals surface area (Å²) in [4.78, 5) is 14.5. The Balaban J connectivity index is 1.78. The fraction of sp³-hybridized carbons (Fsp3) is 0.562. The number of carbonyl (C=O) groups excluding carboxylic acids is 1. The number of nitrogens with one attached hydrogen (secondary N) is 1. The van der Waals surface area contributed by atoms with Crippen molar-refractivity contribution in [3.05, 3.63) is 29.8 Å². The molecule has 0 saturated heterocycles. The Hall–Kier alpha value is -1.55. The van der Waals surface area contributed by atoms with Gasteiger partial charge in [-0.2, -0.15) is 0 Å². The molecule has 0 bridgehead atoms. The highest BCUT2D eigenvalue weighted by atomic mass is 16.5. The van der Waals surface area contributed by atoms with Crippen LogP contribution in [0.4, 0.5) is 5.69 Å². The molecule has 0 radical (unpaired) electrons. The van der Waals surface area contributed by atoms with Crippen molar-refractivity contribution < 1.29 is 9.53 Å². The first-order valence-electron chi connectivity index (χ1n) is 7.31. The first kappa shape index (κ1) is 13.4. The van der Waals surface area contributed by atoms with Gasteiger partial charge in [0.05, 0.1) is 7.11 Å². The van der Waals surface area contributed by atoms with Crippen LogP contribution in [0.15, 0.2) is 24.3 Å². The molecule has 4 heteroatoms. The number of hydrogen-bond donors (Lipinski definition) is 1. The number of ether oxygens (including phenoxy) is 1. The second kappa shape index (κ2) is 5.09. The minimum atomic E-state index is -0.632. The Morgan fingerprint density at radius 3 is 2.90 bits per heavy atom. The van der Waals surface area contributed by atoms with E-state index in [-0.39, 0.29) is 5.97 Å². The molecule has 0 amide bonds. The molecule has 1 atom stereocenters. The Labute approximate surface area is 120 Å². The van der Waals surface area contributed by atoms with E-state index in [9.17, 15) is 4.79 Å². The van der Waals surface area contributed by atoms with Crippen LogP contribution in [-0.2, 0) is 16.0 Å². The summed E-state index contributed by atoms with van der Waals surface area (Å²) in [6.07, 6.45) is 3.36. The molecule has 1 aromatic rings. The van der Waals surface area contributed by atoms with Gasteiger partial charge in [-0.05, 0) is 37.8 Å². The van der Waals surface area contributed by atoms with Crippen molar-refractivity contribution in [2.75, 3.05) is 25.1 Å². The molecule has 1 aliphatic carbocycles. The Bertz CT molecular complexity index is 513. The number of rotatable bonds is 5. The van der Waals surface area contributed by atoms with Gasteiger partial charge in [0, 0.05) is 24.8 Å². The lowest BCUT2D eigenvalue weighted by Crippen LogP contribution is -2.58. The minimum absolute atomic E-state index is 0.172. The average molecular weight is 274 g/mol. The van der Waals surface area contributed by atoms with Crippen LogP contribution in [0, 0.1) is 0 Å². The summed E-state index contributed by atoms with van der Waals surface area (Å²) in [6.45, 7) is 3.59. The molecule has 1 heterocycles. The predicted molar refractivity (Wildman–Crippen MR) is 78.9 cm³/mol. The van der Waals surface area contributed by atoms with Crippen LogP contribution in [0.3, 0.4) is 0 Å². The average Bonchev–Trinajstić information content (AvgIpc) is 3.18. The summed E-state index contributed by atoms with van der Waals surface area (Å²) in [6, 6.07) is 8.90. The first-order valence-corrected chi connectivity index (χ1v) is 7.31. The Morgan fingerprint density at radius 2 is 2.20 bits per heavy atom. The molecule has 1 fully saturated rings. The van der Waals surface area contributed by atoms with E-state index in [0.29, 0.717) is 12.6 Å². The number of anilines is 1. The molecule has 0 spiro atoms. The number of nitrogens with zero attached hydrogens (tertiary/aromatic N) is 1. The molecular weight excluding hydrogens is 252 g/mol. The Kier molecular flexibility index (Phi) is 3.42. The number of esters is 1. The van der Waals surface area contributed by atoms with Gasteiger partial charge in [-0.15, -0.1) is 0 Å². The van der Waals surface area contributed by atoms with E-state index in [1.165, 1.54) is 18.4 Å². The van der Waals surface area contributed by atoms with Gasteiger partial charge >= 0.3 is 5.97 Å². The molecule has 1 aliphatic heterocycles. The van der Waals surface area contributed by atoms with Gasteiger partial charge in [0.2, 0.25) is 0 Å². The van der Waals surface area contributed by atoms with Crippen LogP contribution in [0.2, 0.25) is 0 Å². The normalized spacial score (nSPS) is 20.4. The number of fused-ring (bicyclic) bond motifs is 1. The van der Waals surface area contributed by atoms with Gasteiger partial charge in [0.25, 0.3) is 0 Å². The zero-order valence-electron chi connectivity index (χ0n) is 12.2. The van der Waals surface area contributed by atoms with E-state index in [2.05, 4.69) is 34.5 Å². The molecule has 1 N–H and O–H groups in total. The van der Waals surface area contributed by atoms with Gasteiger partial charge in [-0.3, -0.25) is 5.32 Å². The van der Waals surface area contributed by atoms with E-state index in [0.717, 1.165) is 25.8 Å². The van der Waals surface area contributed by atoms with E-state index < -0.39 is 5.54 Å². The maximum atomic E-state index is 12.2. The number of methoxy groups -OCH3 is 1. The summed E-state index contributed by atoms with van der Waals surface area (Å²) < 4.78 is 5.01. The molecule has 4 nitrogen and oxygen atoms in total. The van der Waals surface area contributed by atoms with E-state index in [1.54, 1.807) is 0 Å². The number of carbonyl (C=O) groups is 1. The third kappa shape index (κ3) is 2.52. The molecular formula is C16H22N2O2. The zero-order valence-corrected chi connectivity index (χ0v) is 12.2. The molecule has 2 aliphatic rings. The monoisotopic (exact) mass is 274 g/mol. The maximum absolute atomic E-state index is 12.2. The summed E-state index contributed by atoms with van der Waals surface area (Å²) >= 11 is 0. The minimum Gasteiger partial charge on any atom is -0.468 e. The third-order valence-corrected chi connectivity index (χ3v) is 4.23. The molecule has 0 aromatic heterocycles. The highest BCUT2D eigenvalue weighted by molar-refractivity contribution is 5.81. The molecule has 1 unspecified atom stereocenters. The second-order valence-corrected chi connectivity index (χ2v) is 6.04. The predicted octanol–water partition coefficient (Wildman–Crippen LogP) is 1.73. The summed E-state index contributed by atoms with van der Waals surface area (Å²) in [7, 11) is 1.47. The molecule has 20 heavy (non-hydrogen) atoms. The van der Waals surface area contributed by atoms with Gasteiger partial charge in [0.15, 0.2) is 0 Å². The van der Waals surface area contributed by atoms with Crippen molar-refractivity contribution in [3.8, 4) is 0 Å². The van der Waals surface area contributed by atoms with Crippen LogP contribution in [0.1, 0.15) is 25.3 Å². The smallest absolute Gasteiger partial charge is 0.327 e. The maximum Gasteiger partial charge on any atom is 0.327 e. The number of para-hydroxylation sites is 1. The van der Waals surface area contributed by atoms with E-state index in [1.807, 2.05) is 6.92 Å². The van der Waals surface area contributed by atoms with Gasteiger partial charge in [-0.25, -0.2) is 4.79 Å². The second-order valence-electron chi connectivity index (χ2n) is 6.04. The van der Waals surface area contributed by atoms with Crippen LogP contribution in [-0.4, -0.2) is 37.7 Å². The van der Waals surface area contributed by atoms with Crippen molar-refractivity contribution in [1.29, 1.82) is 0 Å². The van der Waals surface area contributed by atoms with E-state index in [4.69, 9.17) is 4.74 Å². The van der Waals surface area contributed by atoms with Gasteiger partial charge in [-0.1, -0.05) is 18.2 Å². The molecule has 108 valence electrons. The number of benzene rings is 1. The summed E-state index contributed by atoms with van der Waals surface area (Å²) in [5.41, 5.74) is 1.99. The third-order valence-electron chi connectivity index (χ3n) is 4.23. The lowest BCUT2D eigenvalue weighted by molar-refractivity contribution is -0.147. The van der Waals surface area contributed by atoms with Crippen molar-refractivity contribution in [2.45, 2.75) is 37.8 Å².